The molecular formula is C20H33FIN3O3S. The first-order chi connectivity index (χ1) is 13.5. The van der Waals surface area contributed by atoms with Gasteiger partial charge in [-0.25, -0.2) is 12.8 Å². The van der Waals surface area contributed by atoms with Gasteiger partial charge in [0, 0.05) is 26.2 Å². The Morgan fingerprint density at radius 3 is 2.62 bits per heavy atom. The van der Waals surface area contributed by atoms with Gasteiger partial charge in [0.1, 0.15) is 10.7 Å². The van der Waals surface area contributed by atoms with E-state index in [0.29, 0.717) is 31.8 Å². The lowest BCUT2D eigenvalue weighted by Crippen LogP contribution is -2.39. The van der Waals surface area contributed by atoms with Crippen LogP contribution in [0.2, 0.25) is 0 Å². The first kappa shape index (κ1) is 26.1. The summed E-state index contributed by atoms with van der Waals surface area (Å²) < 4.78 is 44.2. The molecule has 0 aromatic heterocycles. The van der Waals surface area contributed by atoms with Gasteiger partial charge in [-0.1, -0.05) is 31.4 Å². The van der Waals surface area contributed by atoms with Crippen LogP contribution in [0.3, 0.4) is 0 Å². The fourth-order valence-electron chi connectivity index (χ4n) is 3.19. The van der Waals surface area contributed by atoms with E-state index in [1.807, 2.05) is 6.92 Å². The highest BCUT2D eigenvalue weighted by molar-refractivity contribution is 14.0. The molecule has 0 amide bonds. The second-order valence-electron chi connectivity index (χ2n) is 6.92. The van der Waals surface area contributed by atoms with E-state index in [1.54, 1.807) is 0 Å². The van der Waals surface area contributed by atoms with Crippen LogP contribution in [0, 0.1) is 5.82 Å². The predicted molar refractivity (Wildman–Crippen MR) is 125 cm³/mol. The molecule has 2 N–H and O–H groups in total. The lowest BCUT2D eigenvalue weighted by atomic mass is 9.98. The van der Waals surface area contributed by atoms with Crippen LogP contribution in [0.15, 0.2) is 34.2 Å². The Hall–Kier alpha value is -0.940. The van der Waals surface area contributed by atoms with Crippen LogP contribution in [0.4, 0.5) is 4.39 Å². The van der Waals surface area contributed by atoms with Crippen molar-refractivity contribution in [1.82, 2.24) is 10.6 Å². The molecule has 166 valence electrons. The van der Waals surface area contributed by atoms with Crippen molar-refractivity contribution in [2.24, 2.45) is 4.99 Å². The number of nitrogens with zero attached hydrogens (tertiary/aromatic N) is 1. The normalized spacial score (nSPS) is 15.6. The SMILES string of the molecule is CCNC(=NCCCOC1CCCCC1)NCCS(=O)(=O)c1ccccc1F.I. The summed E-state index contributed by atoms with van der Waals surface area (Å²) in [7, 11) is -3.68. The maximum Gasteiger partial charge on any atom is 0.191 e. The molecule has 1 aliphatic carbocycles. The molecule has 1 aromatic carbocycles. The molecule has 0 atom stereocenters. The Bertz CT molecular complexity index is 725. The third-order valence-electron chi connectivity index (χ3n) is 4.66. The molecule has 6 nitrogen and oxygen atoms in total. The first-order valence-electron chi connectivity index (χ1n) is 10.1. The second kappa shape index (κ2) is 14.1. The molecule has 1 aromatic rings. The lowest BCUT2D eigenvalue weighted by molar-refractivity contribution is 0.0281. The van der Waals surface area contributed by atoms with Gasteiger partial charge in [0.2, 0.25) is 0 Å². The zero-order chi connectivity index (χ0) is 20.2. The molecule has 2 rings (SSSR count). The van der Waals surface area contributed by atoms with Crippen molar-refractivity contribution >= 4 is 39.8 Å². The zero-order valence-corrected chi connectivity index (χ0v) is 20.2. The van der Waals surface area contributed by atoms with Crippen LogP contribution < -0.4 is 10.6 Å². The number of aliphatic imine (C=N–C) groups is 1. The van der Waals surface area contributed by atoms with E-state index in [-0.39, 0.29) is 41.2 Å². The molecule has 0 spiro atoms. The minimum absolute atomic E-state index is 0. The maximum atomic E-state index is 13.7. The van der Waals surface area contributed by atoms with Crippen molar-refractivity contribution in [3.8, 4) is 0 Å². The van der Waals surface area contributed by atoms with Gasteiger partial charge in [0.05, 0.1) is 11.9 Å². The molecule has 0 saturated heterocycles. The molecule has 1 saturated carbocycles. The summed E-state index contributed by atoms with van der Waals surface area (Å²) >= 11 is 0. The van der Waals surface area contributed by atoms with Crippen molar-refractivity contribution in [1.29, 1.82) is 0 Å². The fraction of sp³-hybridized carbons (Fsp3) is 0.650. The number of benzene rings is 1. The van der Waals surface area contributed by atoms with Crippen LogP contribution >= 0.6 is 24.0 Å². The van der Waals surface area contributed by atoms with Gasteiger partial charge >= 0.3 is 0 Å². The van der Waals surface area contributed by atoms with Gasteiger partial charge in [-0.05, 0) is 38.3 Å². The van der Waals surface area contributed by atoms with Crippen molar-refractivity contribution < 1.29 is 17.5 Å². The lowest BCUT2D eigenvalue weighted by Gasteiger charge is -2.21. The molecule has 0 bridgehead atoms. The van der Waals surface area contributed by atoms with Gasteiger partial charge in [0.15, 0.2) is 15.8 Å². The van der Waals surface area contributed by atoms with Gasteiger partial charge in [0.25, 0.3) is 0 Å². The standard InChI is InChI=1S/C20H32FN3O3S.HI/c1-2-22-20(23-13-8-15-27-17-9-4-3-5-10-17)24-14-16-28(25,26)19-12-7-6-11-18(19)21;/h6-7,11-12,17H,2-5,8-10,13-16H2,1H3,(H2,22,23,24);1H. The summed E-state index contributed by atoms with van der Waals surface area (Å²) in [5.41, 5.74) is 0. The van der Waals surface area contributed by atoms with E-state index in [0.717, 1.165) is 25.3 Å². The average molecular weight is 541 g/mol. The summed E-state index contributed by atoms with van der Waals surface area (Å²) in [4.78, 5) is 4.19. The monoisotopic (exact) mass is 541 g/mol. The van der Waals surface area contributed by atoms with E-state index >= 15 is 0 Å². The van der Waals surface area contributed by atoms with Crippen LogP contribution in [-0.4, -0.2) is 52.5 Å². The largest absolute Gasteiger partial charge is 0.378 e. The Balaban J connectivity index is 0.00000420. The topological polar surface area (TPSA) is 79.8 Å². The third-order valence-corrected chi connectivity index (χ3v) is 6.40. The molecule has 0 radical (unpaired) electrons. The third kappa shape index (κ3) is 9.61. The maximum absolute atomic E-state index is 13.7. The Morgan fingerprint density at radius 2 is 1.93 bits per heavy atom. The zero-order valence-electron chi connectivity index (χ0n) is 17.0. The summed E-state index contributed by atoms with van der Waals surface area (Å²) in [6.07, 6.45) is 7.36. The van der Waals surface area contributed by atoms with E-state index in [1.165, 1.54) is 37.5 Å². The van der Waals surface area contributed by atoms with Crippen LogP contribution in [0.25, 0.3) is 0 Å². The highest BCUT2D eigenvalue weighted by atomic mass is 127. The number of guanidine groups is 1. The molecule has 1 fully saturated rings. The van der Waals surface area contributed by atoms with Gasteiger partial charge in [-0.15, -0.1) is 24.0 Å². The molecular weight excluding hydrogens is 508 g/mol. The number of nitrogens with one attached hydrogen (secondary N) is 2. The van der Waals surface area contributed by atoms with Crippen LogP contribution in [-0.2, 0) is 14.6 Å². The summed E-state index contributed by atoms with van der Waals surface area (Å²) in [6.45, 7) is 4.06. The number of ether oxygens (including phenoxy) is 1. The van der Waals surface area contributed by atoms with Gasteiger partial charge in [-0.2, -0.15) is 0 Å². The number of halogens is 2. The van der Waals surface area contributed by atoms with Crippen LogP contribution in [0.5, 0.6) is 0 Å². The quantitative estimate of drug-likeness (QED) is 0.205. The minimum atomic E-state index is -3.68. The molecule has 0 heterocycles. The molecule has 0 unspecified atom stereocenters. The summed E-state index contributed by atoms with van der Waals surface area (Å²) in [5, 5.41) is 6.09. The van der Waals surface area contributed by atoms with Gasteiger partial charge < -0.3 is 15.4 Å². The van der Waals surface area contributed by atoms with Gasteiger partial charge in [-0.3, -0.25) is 4.99 Å². The smallest absolute Gasteiger partial charge is 0.191 e. The molecule has 29 heavy (non-hydrogen) atoms. The fourth-order valence-corrected chi connectivity index (χ4v) is 4.43. The second-order valence-corrected chi connectivity index (χ2v) is 9.00. The predicted octanol–water partition coefficient (Wildman–Crippen LogP) is 3.51. The first-order valence-corrected chi connectivity index (χ1v) is 11.8. The Morgan fingerprint density at radius 1 is 1.21 bits per heavy atom. The van der Waals surface area contributed by atoms with E-state index in [2.05, 4.69) is 15.6 Å². The molecule has 0 aliphatic heterocycles. The van der Waals surface area contributed by atoms with Crippen molar-refractivity contribution in [2.75, 3.05) is 32.0 Å². The Kier molecular flexibility index (Phi) is 12.7. The molecule has 1 aliphatic rings. The van der Waals surface area contributed by atoms with Crippen molar-refractivity contribution in [2.45, 2.75) is 56.4 Å². The number of hydrogen-bond acceptors (Lipinski definition) is 4. The van der Waals surface area contributed by atoms with Crippen molar-refractivity contribution in [3.05, 3.63) is 30.1 Å². The Labute approximate surface area is 191 Å². The van der Waals surface area contributed by atoms with Crippen molar-refractivity contribution in [3.63, 3.8) is 0 Å². The van der Waals surface area contributed by atoms with E-state index in [4.69, 9.17) is 4.74 Å². The number of hydrogen-bond donors (Lipinski definition) is 2. The van der Waals surface area contributed by atoms with E-state index < -0.39 is 15.7 Å². The summed E-state index contributed by atoms with van der Waals surface area (Å²) in [5.74, 6) is -0.367. The number of sulfone groups is 1. The van der Waals surface area contributed by atoms with E-state index in [9.17, 15) is 12.8 Å². The van der Waals surface area contributed by atoms with Crippen LogP contribution in [0.1, 0.15) is 45.4 Å². The highest BCUT2D eigenvalue weighted by Crippen LogP contribution is 2.20. The minimum Gasteiger partial charge on any atom is -0.378 e. The highest BCUT2D eigenvalue weighted by Gasteiger charge is 2.18. The molecule has 9 heteroatoms. The number of rotatable bonds is 10. The average Bonchev–Trinajstić information content (AvgIpc) is 2.68. The summed E-state index contributed by atoms with van der Waals surface area (Å²) in [6, 6.07) is 5.43.